The molecule has 0 spiro atoms. The molecule has 0 saturated carbocycles. The molecule has 8 nitrogen and oxygen atoms in total. The maximum atomic E-state index is 11.9. The first kappa shape index (κ1) is 21.1. The molecule has 27 heavy (non-hydrogen) atoms. The van der Waals surface area contributed by atoms with Gasteiger partial charge in [0.1, 0.15) is 5.75 Å². The zero-order chi connectivity index (χ0) is 19.5. The zero-order valence-corrected chi connectivity index (χ0v) is 16.2. The smallest absolute Gasteiger partial charge is 0.321 e. The molecule has 2 N–H and O–H groups in total. The number of imide groups is 1. The standard InChI is InChI=1S/C19H30N4O4/c1-26-14-8-20-19(25)21-18(24)15-23-12-10-22(11-13-23)9-7-16-3-5-17(27-2)6-4-16/h3-6H,7-15H2,1-2H3,(H2,20,21,24,25). The molecule has 1 saturated heterocycles. The predicted molar refractivity (Wildman–Crippen MR) is 103 cm³/mol. The van der Waals surface area contributed by atoms with Crippen molar-refractivity contribution in [1.82, 2.24) is 20.4 Å². The third kappa shape index (κ3) is 7.94. The maximum absolute atomic E-state index is 11.9. The maximum Gasteiger partial charge on any atom is 0.321 e. The van der Waals surface area contributed by atoms with Crippen LogP contribution in [0.5, 0.6) is 5.75 Å². The second kappa shape index (κ2) is 11.5. The van der Waals surface area contributed by atoms with Gasteiger partial charge in [0.2, 0.25) is 5.91 Å². The van der Waals surface area contributed by atoms with E-state index in [1.165, 1.54) is 5.56 Å². The number of urea groups is 1. The number of benzene rings is 1. The van der Waals surface area contributed by atoms with Crippen LogP contribution in [-0.2, 0) is 16.0 Å². The van der Waals surface area contributed by atoms with Crippen molar-refractivity contribution in [2.75, 3.05) is 66.6 Å². The minimum Gasteiger partial charge on any atom is -0.497 e. The topological polar surface area (TPSA) is 83.1 Å². The van der Waals surface area contributed by atoms with Crippen LogP contribution in [0.2, 0.25) is 0 Å². The van der Waals surface area contributed by atoms with E-state index in [0.717, 1.165) is 44.9 Å². The van der Waals surface area contributed by atoms with Crippen molar-refractivity contribution in [3.8, 4) is 5.75 Å². The molecule has 2 rings (SSSR count). The summed E-state index contributed by atoms with van der Waals surface area (Å²) in [5, 5.41) is 4.91. The SMILES string of the molecule is COCCNC(=O)NC(=O)CN1CCN(CCc2ccc(OC)cc2)CC1. The molecule has 1 aromatic rings. The van der Waals surface area contributed by atoms with E-state index in [-0.39, 0.29) is 12.5 Å². The van der Waals surface area contributed by atoms with Crippen LogP contribution < -0.4 is 15.4 Å². The first-order valence-electron chi connectivity index (χ1n) is 9.25. The number of nitrogens with one attached hydrogen (secondary N) is 2. The van der Waals surface area contributed by atoms with Gasteiger partial charge in [-0.25, -0.2) is 4.79 Å². The Morgan fingerprint density at radius 3 is 2.33 bits per heavy atom. The number of amides is 3. The molecule has 1 fully saturated rings. The Labute approximate surface area is 160 Å². The molecule has 0 atom stereocenters. The molecule has 0 radical (unpaired) electrons. The Morgan fingerprint density at radius 2 is 1.70 bits per heavy atom. The van der Waals surface area contributed by atoms with Crippen LogP contribution in [0.25, 0.3) is 0 Å². The van der Waals surface area contributed by atoms with Gasteiger partial charge in [-0.2, -0.15) is 0 Å². The summed E-state index contributed by atoms with van der Waals surface area (Å²) in [6.45, 7) is 5.51. The highest BCUT2D eigenvalue weighted by Gasteiger charge is 2.19. The molecule has 8 heteroatoms. The van der Waals surface area contributed by atoms with E-state index >= 15 is 0 Å². The Hall–Kier alpha value is -2.16. The summed E-state index contributed by atoms with van der Waals surface area (Å²) in [7, 11) is 3.23. The van der Waals surface area contributed by atoms with Crippen molar-refractivity contribution >= 4 is 11.9 Å². The Kier molecular flexibility index (Phi) is 9.03. The minimum atomic E-state index is -0.477. The van der Waals surface area contributed by atoms with Crippen molar-refractivity contribution in [1.29, 1.82) is 0 Å². The molecule has 0 unspecified atom stereocenters. The van der Waals surface area contributed by atoms with Crippen LogP contribution in [-0.4, -0.2) is 88.4 Å². The molecular weight excluding hydrogens is 348 g/mol. The summed E-state index contributed by atoms with van der Waals surface area (Å²) < 4.78 is 10.0. The van der Waals surface area contributed by atoms with Crippen LogP contribution >= 0.6 is 0 Å². The molecule has 0 aromatic heterocycles. The molecule has 150 valence electrons. The lowest BCUT2D eigenvalue weighted by atomic mass is 10.1. The number of methoxy groups -OCH3 is 2. The summed E-state index contributed by atoms with van der Waals surface area (Å²) in [5.74, 6) is 0.592. The van der Waals surface area contributed by atoms with Gasteiger partial charge < -0.3 is 19.7 Å². The largest absolute Gasteiger partial charge is 0.497 e. The van der Waals surface area contributed by atoms with E-state index in [9.17, 15) is 9.59 Å². The Balaban J connectivity index is 1.61. The fourth-order valence-corrected chi connectivity index (χ4v) is 2.93. The lowest BCUT2D eigenvalue weighted by Gasteiger charge is -2.34. The number of hydrogen-bond donors (Lipinski definition) is 2. The monoisotopic (exact) mass is 378 g/mol. The molecule has 1 aliphatic heterocycles. The van der Waals surface area contributed by atoms with Crippen LogP contribution in [0.4, 0.5) is 4.79 Å². The van der Waals surface area contributed by atoms with Crippen LogP contribution in [0.3, 0.4) is 0 Å². The van der Waals surface area contributed by atoms with Crippen LogP contribution in [0, 0.1) is 0 Å². The van der Waals surface area contributed by atoms with Gasteiger partial charge in [-0.05, 0) is 24.1 Å². The normalized spacial score (nSPS) is 15.3. The fraction of sp³-hybridized carbons (Fsp3) is 0.579. The number of rotatable bonds is 9. The highest BCUT2D eigenvalue weighted by atomic mass is 16.5. The number of ether oxygens (including phenoxy) is 2. The van der Waals surface area contributed by atoms with Gasteiger partial charge in [-0.15, -0.1) is 0 Å². The average molecular weight is 378 g/mol. The summed E-state index contributed by atoms with van der Waals surface area (Å²) in [6, 6.07) is 7.68. The van der Waals surface area contributed by atoms with Gasteiger partial charge in [0, 0.05) is 46.4 Å². The van der Waals surface area contributed by atoms with Crippen molar-refractivity contribution in [2.24, 2.45) is 0 Å². The fourth-order valence-electron chi connectivity index (χ4n) is 2.93. The molecule has 1 aromatic carbocycles. The number of carbonyl (C=O) groups is 2. The average Bonchev–Trinajstić information content (AvgIpc) is 2.68. The number of piperazine rings is 1. The van der Waals surface area contributed by atoms with E-state index in [0.29, 0.717) is 13.2 Å². The van der Waals surface area contributed by atoms with E-state index in [1.54, 1.807) is 14.2 Å². The Bertz CT molecular complexity index is 586. The number of carbonyl (C=O) groups excluding carboxylic acids is 2. The lowest BCUT2D eigenvalue weighted by molar-refractivity contribution is -0.121. The summed E-state index contributed by atoms with van der Waals surface area (Å²) >= 11 is 0. The quantitative estimate of drug-likeness (QED) is 0.603. The minimum absolute atomic E-state index is 0.240. The summed E-state index contributed by atoms with van der Waals surface area (Å²) in [5.41, 5.74) is 1.29. The second-order valence-electron chi connectivity index (χ2n) is 6.51. The Morgan fingerprint density at radius 1 is 1.04 bits per heavy atom. The number of nitrogens with zero attached hydrogens (tertiary/aromatic N) is 2. The van der Waals surface area contributed by atoms with Crippen molar-refractivity contribution in [3.05, 3.63) is 29.8 Å². The highest BCUT2D eigenvalue weighted by molar-refractivity contribution is 5.95. The first-order valence-corrected chi connectivity index (χ1v) is 9.25. The van der Waals surface area contributed by atoms with Gasteiger partial charge >= 0.3 is 6.03 Å². The molecule has 1 heterocycles. The summed E-state index contributed by atoms with van der Waals surface area (Å²) in [6.07, 6.45) is 0.992. The zero-order valence-electron chi connectivity index (χ0n) is 16.2. The molecule has 0 bridgehead atoms. The first-order chi connectivity index (χ1) is 13.1. The molecule has 3 amide bonds. The molecule has 1 aliphatic rings. The van der Waals surface area contributed by atoms with Crippen LogP contribution in [0.1, 0.15) is 5.56 Å². The third-order valence-electron chi connectivity index (χ3n) is 4.55. The third-order valence-corrected chi connectivity index (χ3v) is 4.55. The molecule has 0 aliphatic carbocycles. The van der Waals surface area contributed by atoms with Crippen molar-refractivity contribution in [3.63, 3.8) is 0 Å². The highest BCUT2D eigenvalue weighted by Crippen LogP contribution is 2.12. The predicted octanol–water partition coefficient (Wildman–Crippen LogP) is 0.328. The lowest BCUT2D eigenvalue weighted by Crippen LogP contribution is -2.51. The van der Waals surface area contributed by atoms with E-state index in [1.807, 2.05) is 12.1 Å². The van der Waals surface area contributed by atoms with E-state index in [2.05, 4.69) is 32.6 Å². The van der Waals surface area contributed by atoms with Gasteiger partial charge in [0.15, 0.2) is 0 Å². The number of hydrogen-bond acceptors (Lipinski definition) is 6. The van der Waals surface area contributed by atoms with Gasteiger partial charge in [-0.1, -0.05) is 12.1 Å². The van der Waals surface area contributed by atoms with Crippen molar-refractivity contribution < 1.29 is 19.1 Å². The van der Waals surface area contributed by atoms with Crippen molar-refractivity contribution in [2.45, 2.75) is 6.42 Å². The van der Waals surface area contributed by atoms with Crippen LogP contribution in [0.15, 0.2) is 24.3 Å². The van der Waals surface area contributed by atoms with E-state index in [4.69, 9.17) is 9.47 Å². The summed E-state index contributed by atoms with van der Waals surface area (Å²) in [4.78, 5) is 27.9. The van der Waals surface area contributed by atoms with Gasteiger partial charge in [-0.3, -0.25) is 15.0 Å². The second-order valence-corrected chi connectivity index (χ2v) is 6.51. The molecular formula is C19H30N4O4. The van der Waals surface area contributed by atoms with Gasteiger partial charge in [0.05, 0.1) is 20.3 Å². The van der Waals surface area contributed by atoms with E-state index < -0.39 is 6.03 Å². The van der Waals surface area contributed by atoms with Gasteiger partial charge in [0.25, 0.3) is 0 Å².